The highest BCUT2D eigenvalue weighted by molar-refractivity contribution is 7.54. The molecule has 72 valence electrons. The first-order valence-corrected chi connectivity index (χ1v) is 5.44. The average molecular weight is 200 g/mol. The summed E-state index contributed by atoms with van der Waals surface area (Å²) >= 11 is 0. The molecule has 0 amide bonds. The second kappa shape index (κ2) is 6.68. The molecule has 0 aromatic heterocycles. The molecule has 0 bridgehead atoms. The number of hydrogen-bond donors (Lipinski definition) is 0. The van der Waals surface area contributed by atoms with Gasteiger partial charge in [0, 0.05) is 0 Å². The Morgan fingerprint density at radius 2 is 2.08 bits per heavy atom. The summed E-state index contributed by atoms with van der Waals surface area (Å²) in [6, 6.07) is 0. The zero-order valence-corrected chi connectivity index (χ0v) is 8.33. The minimum Gasteiger partial charge on any atom is -0.304 e. The van der Waals surface area contributed by atoms with E-state index in [1.807, 2.05) is 0 Å². The van der Waals surface area contributed by atoms with E-state index in [1.165, 1.54) is 12.2 Å². The van der Waals surface area contributed by atoms with Crippen LogP contribution in [0.5, 0.6) is 0 Å². The summed E-state index contributed by atoms with van der Waals surface area (Å²) in [5.74, 6) is 2.22. The minimum absolute atomic E-state index is 0.0255. The topological polar surface area (TPSA) is 35.5 Å². The average Bonchev–Trinajstić information content (AvgIpc) is 2.12. The van der Waals surface area contributed by atoms with Crippen LogP contribution in [0, 0.1) is 12.3 Å². The molecular formula is C9H13O3P. The van der Waals surface area contributed by atoms with Gasteiger partial charge >= 0.3 is 7.60 Å². The molecule has 0 spiro atoms. The molecule has 0 aliphatic heterocycles. The van der Waals surface area contributed by atoms with Crippen molar-refractivity contribution < 1.29 is 13.6 Å². The highest BCUT2D eigenvalue weighted by Gasteiger charge is 2.21. The molecule has 0 aromatic rings. The molecule has 1 unspecified atom stereocenters. The van der Waals surface area contributed by atoms with Crippen LogP contribution in [0.25, 0.3) is 0 Å². The first kappa shape index (κ1) is 12.2. The second-order valence-corrected chi connectivity index (χ2v) is 4.25. The van der Waals surface area contributed by atoms with Crippen molar-refractivity contribution in [1.29, 1.82) is 0 Å². The predicted octanol–water partition coefficient (Wildman–Crippen LogP) is 2.22. The van der Waals surface area contributed by atoms with Crippen LogP contribution in [-0.2, 0) is 13.6 Å². The van der Waals surface area contributed by atoms with Gasteiger partial charge in [-0.15, -0.1) is 19.6 Å². The lowest BCUT2D eigenvalue weighted by Gasteiger charge is -2.14. The molecule has 0 aliphatic rings. The fraction of sp³-hybridized carbons (Fsp3) is 0.333. The van der Waals surface area contributed by atoms with E-state index in [9.17, 15) is 4.57 Å². The fourth-order valence-corrected chi connectivity index (χ4v) is 1.81. The standard InChI is InChI=1S/C9H13O3P/c1-4-7-11-13(10,9-6-3)12-8-5-2/h1,5-6H,2-3,7-9H2. The summed E-state index contributed by atoms with van der Waals surface area (Å²) in [6.45, 7) is 7.04. The van der Waals surface area contributed by atoms with E-state index in [4.69, 9.17) is 15.5 Å². The molecule has 0 saturated heterocycles. The summed E-state index contributed by atoms with van der Waals surface area (Å²) in [5.41, 5.74) is 0. The Hall–Kier alpha value is -0.810. The summed E-state index contributed by atoms with van der Waals surface area (Å²) in [5, 5.41) is 0. The number of rotatable bonds is 7. The molecule has 13 heavy (non-hydrogen) atoms. The van der Waals surface area contributed by atoms with Gasteiger partial charge in [-0.3, -0.25) is 9.09 Å². The van der Waals surface area contributed by atoms with Crippen LogP contribution in [0.4, 0.5) is 0 Å². The quantitative estimate of drug-likeness (QED) is 0.359. The molecule has 4 heteroatoms. The maximum Gasteiger partial charge on any atom is 0.335 e. The summed E-state index contributed by atoms with van der Waals surface area (Å²) in [7, 11) is -3.08. The van der Waals surface area contributed by atoms with Crippen molar-refractivity contribution in [3.63, 3.8) is 0 Å². The zero-order valence-electron chi connectivity index (χ0n) is 7.44. The van der Waals surface area contributed by atoms with Gasteiger partial charge < -0.3 is 4.52 Å². The van der Waals surface area contributed by atoms with Crippen molar-refractivity contribution >= 4 is 7.60 Å². The maximum atomic E-state index is 11.7. The number of hydrogen-bond acceptors (Lipinski definition) is 3. The SMILES string of the molecule is C#CCOP(=O)(CC=C)OCC=C. The van der Waals surface area contributed by atoms with Gasteiger partial charge in [0.1, 0.15) is 6.61 Å². The van der Waals surface area contributed by atoms with E-state index < -0.39 is 7.60 Å². The van der Waals surface area contributed by atoms with Crippen molar-refractivity contribution in [3.8, 4) is 12.3 Å². The monoisotopic (exact) mass is 200 g/mol. The molecule has 3 nitrogen and oxygen atoms in total. The Bertz CT molecular complexity index is 252. The predicted molar refractivity (Wildman–Crippen MR) is 53.6 cm³/mol. The van der Waals surface area contributed by atoms with Gasteiger partial charge in [-0.2, -0.15) is 0 Å². The van der Waals surface area contributed by atoms with Crippen molar-refractivity contribution in [2.75, 3.05) is 19.4 Å². The van der Waals surface area contributed by atoms with Gasteiger partial charge in [0.25, 0.3) is 0 Å². The smallest absolute Gasteiger partial charge is 0.304 e. The Morgan fingerprint density at radius 3 is 2.54 bits per heavy atom. The van der Waals surface area contributed by atoms with E-state index in [-0.39, 0.29) is 19.4 Å². The van der Waals surface area contributed by atoms with E-state index in [0.29, 0.717) is 0 Å². The maximum absolute atomic E-state index is 11.7. The van der Waals surface area contributed by atoms with E-state index in [0.717, 1.165) is 0 Å². The van der Waals surface area contributed by atoms with E-state index in [2.05, 4.69) is 19.1 Å². The Balaban J connectivity index is 4.16. The first-order valence-electron chi connectivity index (χ1n) is 3.72. The molecule has 0 N–H and O–H groups in total. The highest BCUT2D eigenvalue weighted by atomic mass is 31.2. The Kier molecular flexibility index (Phi) is 6.26. The third-order valence-electron chi connectivity index (χ3n) is 1.09. The van der Waals surface area contributed by atoms with E-state index >= 15 is 0 Å². The van der Waals surface area contributed by atoms with Crippen molar-refractivity contribution in [1.82, 2.24) is 0 Å². The van der Waals surface area contributed by atoms with Gasteiger partial charge in [0.05, 0.1) is 12.8 Å². The summed E-state index contributed by atoms with van der Waals surface area (Å²) < 4.78 is 21.5. The third-order valence-corrected chi connectivity index (χ3v) is 2.86. The molecule has 0 heterocycles. The Morgan fingerprint density at radius 1 is 1.38 bits per heavy atom. The van der Waals surface area contributed by atoms with Gasteiger partial charge in [-0.1, -0.05) is 18.1 Å². The highest BCUT2D eigenvalue weighted by Crippen LogP contribution is 2.47. The molecule has 1 atom stereocenters. The van der Waals surface area contributed by atoms with Crippen LogP contribution in [0.3, 0.4) is 0 Å². The molecule has 0 fully saturated rings. The lowest BCUT2D eigenvalue weighted by atomic mass is 10.7. The van der Waals surface area contributed by atoms with Crippen LogP contribution in [0.1, 0.15) is 0 Å². The minimum atomic E-state index is -3.08. The normalized spacial score (nSPS) is 14.1. The van der Waals surface area contributed by atoms with Crippen LogP contribution < -0.4 is 0 Å². The third kappa shape index (κ3) is 5.43. The van der Waals surface area contributed by atoms with Crippen LogP contribution in [-0.4, -0.2) is 19.4 Å². The lowest BCUT2D eigenvalue weighted by molar-refractivity contribution is 0.242. The molecule has 0 aliphatic carbocycles. The van der Waals surface area contributed by atoms with Crippen LogP contribution in [0.15, 0.2) is 25.3 Å². The number of terminal acetylenes is 1. The van der Waals surface area contributed by atoms with Crippen LogP contribution in [0.2, 0.25) is 0 Å². The summed E-state index contributed by atoms with van der Waals surface area (Å²) in [4.78, 5) is 0. The molecule has 0 aromatic carbocycles. The second-order valence-electron chi connectivity index (χ2n) is 2.14. The van der Waals surface area contributed by atoms with Gasteiger partial charge in [-0.05, 0) is 0 Å². The van der Waals surface area contributed by atoms with Gasteiger partial charge in [-0.25, -0.2) is 0 Å². The summed E-state index contributed by atoms with van der Waals surface area (Å²) in [6.07, 6.45) is 8.09. The van der Waals surface area contributed by atoms with Crippen LogP contribution >= 0.6 is 7.60 Å². The lowest BCUT2D eigenvalue weighted by Crippen LogP contribution is -1.99. The Labute approximate surface area is 79.0 Å². The number of allylic oxidation sites excluding steroid dienone is 1. The first-order chi connectivity index (χ1) is 6.18. The fourth-order valence-electron chi connectivity index (χ4n) is 0.603. The van der Waals surface area contributed by atoms with Gasteiger partial charge in [0.15, 0.2) is 0 Å². The zero-order chi connectivity index (χ0) is 10.2. The van der Waals surface area contributed by atoms with E-state index in [1.54, 1.807) is 0 Å². The molecule has 0 radical (unpaired) electrons. The largest absolute Gasteiger partial charge is 0.335 e. The van der Waals surface area contributed by atoms with Crippen molar-refractivity contribution in [3.05, 3.63) is 25.3 Å². The van der Waals surface area contributed by atoms with Crippen molar-refractivity contribution in [2.24, 2.45) is 0 Å². The van der Waals surface area contributed by atoms with Gasteiger partial charge in [0.2, 0.25) is 0 Å². The molecule has 0 saturated carbocycles. The van der Waals surface area contributed by atoms with Crippen molar-refractivity contribution in [2.45, 2.75) is 0 Å². The molecular weight excluding hydrogens is 187 g/mol. The molecule has 0 rings (SSSR count).